The first-order valence-electron chi connectivity index (χ1n) is 7.29. The average molecular weight is 326 g/mol. The lowest BCUT2D eigenvalue weighted by Gasteiger charge is -2.13. The molecule has 0 fully saturated rings. The molecular formula is C18H15FN2O3. The summed E-state index contributed by atoms with van der Waals surface area (Å²) in [7, 11) is 0. The van der Waals surface area contributed by atoms with Crippen molar-refractivity contribution in [3.8, 4) is 11.8 Å². The lowest BCUT2D eigenvalue weighted by molar-refractivity contribution is -0.117. The first kappa shape index (κ1) is 17.2. The maximum absolute atomic E-state index is 12.9. The fourth-order valence-corrected chi connectivity index (χ4v) is 2.07. The molecule has 24 heavy (non-hydrogen) atoms. The number of anilines is 1. The molecule has 2 aromatic carbocycles. The molecule has 5 nitrogen and oxygen atoms in total. The van der Waals surface area contributed by atoms with Gasteiger partial charge in [-0.3, -0.25) is 9.59 Å². The van der Waals surface area contributed by atoms with Gasteiger partial charge < -0.3 is 10.1 Å². The Morgan fingerprint density at radius 3 is 2.50 bits per heavy atom. The number of carbonyl (C=O) groups is 2. The highest BCUT2D eigenvalue weighted by Gasteiger charge is 2.28. The number of nitrogens with one attached hydrogen (secondary N) is 1. The predicted octanol–water partition coefficient (Wildman–Crippen LogP) is 3.19. The van der Waals surface area contributed by atoms with Crippen molar-refractivity contribution in [3.05, 3.63) is 59.9 Å². The number of para-hydroxylation sites is 2. The van der Waals surface area contributed by atoms with Crippen molar-refractivity contribution < 1.29 is 18.7 Å². The Morgan fingerprint density at radius 2 is 1.88 bits per heavy atom. The van der Waals surface area contributed by atoms with Crippen LogP contribution in [-0.4, -0.2) is 18.3 Å². The van der Waals surface area contributed by atoms with Crippen LogP contribution in [0.2, 0.25) is 0 Å². The van der Waals surface area contributed by atoms with Crippen molar-refractivity contribution in [2.24, 2.45) is 5.92 Å². The summed E-state index contributed by atoms with van der Waals surface area (Å²) in [6.45, 7) is 2.21. The van der Waals surface area contributed by atoms with E-state index in [0.29, 0.717) is 18.0 Å². The Bertz CT molecular complexity index is 782. The maximum Gasteiger partial charge on any atom is 0.249 e. The Morgan fingerprint density at radius 1 is 1.21 bits per heavy atom. The van der Waals surface area contributed by atoms with Gasteiger partial charge in [0.1, 0.15) is 11.6 Å². The van der Waals surface area contributed by atoms with E-state index in [4.69, 9.17) is 4.74 Å². The van der Waals surface area contributed by atoms with Gasteiger partial charge in [0.15, 0.2) is 11.7 Å². The summed E-state index contributed by atoms with van der Waals surface area (Å²) in [6.07, 6.45) is 0. The van der Waals surface area contributed by atoms with Crippen LogP contribution in [0.3, 0.4) is 0 Å². The Kier molecular flexibility index (Phi) is 5.63. The van der Waals surface area contributed by atoms with Crippen LogP contribution in [0.15, 0.2) is 48.5 Å². The number of rotatable bonds is 6. The van der Waals surface area contributed by atoms with E-state index in [1.54, 1.807) is 37.3 Å². The van der Waals surface area contributed by atoms with Gasteiger partial charge in [-0.05, 0) is 43.3 Å². The van der Waals surface area contributed by atoms with Gasteiger partial charge in [-0.15, -0.1) is 0 Å². The van der Waals surface area contributed by atoms with Gasteiger partial charge in [-0.2, -0.15) is 5.26 Å². The zero-order chi connectivity index (χ0) is 17.5. The van der Waals surface area contributed by atoms with Crippen LogP contribution in [0.1, 0.15) is 17.3 Å². The van der Waals surface area contributed by atoms with Crippen molar-refractivity contribution in [1.82, 2.24) is 0 Å². The molecule has 122 valence electrons. The van der Waals surface area contributed by atoms with E-state index >= 15 is 0 Å². The van der Waals surface area contributed by atoms with E-state index in [-0.39, 0.29) is 5.56 Å². The summed E-state index contributed by atoms with van der Waals surface area (Å²) in [6, 6.07) is 13.1. The summed E-state index contributed by atoms with van der Waals surface area (Å²) < 4.78 is 18.3. The van der Waals surface area contributed by atoms with Gasteiger partial charge >= 0.3 is 0 Å². The first-order chi connectivity index (χ1) is 11.6. The number of benzene rings is 2. The number of Topliss-reactive ketones (excluding diaryl/α,β-unsaturated/α-hetero) is 1. The fraction of sp³-hybridized carbons (Fsp3) is 0.167. The standard InChI is InChI=1S/C18H15FN2O3/c1-2-24-16-6-4-3-5-15(16)21-18(23)14(11-20)17(22)12-7-9-13(19)10-8-12/h3-10,14H,2H2,1H3,(H,21,23)/t14-/m1/s1. The number of ether oxygens (including phenoxy) is 1. The van der Waals surface area contributed by atoms with E-state index in [2.05, 4.69) is 5.32 Å². The van der Waals surface area contributed by atoms with Gasteiger partial charge in [0, 0.05) is 5.56 Å². The molecule has 0 aromatic heterocycles. The molecule has 0 aliphatic heterocycles. The second-order valence-electron chi connectivity index (χ2n) is 4.85. The molecule has 0 aliphatic carbocycles. The van der Waals surface area contributed by atoms with Crippen LogP contribution >= 0.6 is 0 Å². The van der Waals surface area contributed by atoms with E-state index in [1.807, 2.05) is 0 Å². The third-order valence-electron chi connectivity index (χ3n) is 3.23. The third-order valence-corrected chi connectivity index (χ3v) is 3.23. The number of nitriles is 1. The molecule has 0 saturated carbocycles. The van der Waals surface area contributed by atoms with E-state index in [1.165, 1.54) is 12.1 Å². The molecule has 6 heteroatoms. The van der Waals surface area contributed by atoms with Crippen LogP contribution in [-0.2, 0) is 4.79 Å². The van der Waals surface area contributed by atoms with Crippen LogP contribution < -0.4 is 10.1 Å². The second kappa shape index (κ2) is 7.88. The number of hydrogen-bond acceptors (Lipinski definition) is 4. The van der Waals surface area contributed by atoms with Crippen molar-refractivity contribution in [3.63, 3.8) is 0 Å². The fourth-order valence-electron chi connectivity index (χ4n) is 2.07. The SMILES string of the molecule is CCOc1ccccc1NC(=O)[C@H](C#N)C(=O)c1ccc(F)cc1. The molecule has 1 atom stereocenters. The molecule has 0 unspecified atom stereocenters. The summed E-state index contributed by atoms with van der Waals surface area (Å²) in [5.74, 6) is -3.05. The minimum absolute atomic E-state index is 0.0937. The number of hydrogen-bond donors (Lipinski definition) is 1. The summed E-state index contributed by atoms with van der Waals surface area (Å²) in [5, 5.41) is 11.7. The molecule has 0 spiro atoms. The van der Waals surface area contributed by atoms with Gasteiger partial charge in [-0.1, -0.05) is 12.1 Å². The number of ketones is 1. The molecule has 2 aromatic rings. The molecule has 0 heterocycles. The van der Waals surface area contributed by atoms with Crippen LogP contribution in [0.5, 0.6) is 5.75 Å². The highest BCUT2D eigenvalue weighted by Crippen LogP contribution is 2.24. The van der Waals surface area contributed by atoms with E-state index in [9.17, 15) is 19.2 Å². The molecular weight excluding hydrogens is 311 g/mol. The van der Waals surface area contributed by atoms with E-state index < -0.39 is 23.4 Å². The van der Waals surface area contributed by atoms with Crippen molar-refractivity contribution in [2.75, 3.05) is 11.9 Å². The van der Waals surface area contributed by atoms with E-state index in [0.717, 1.165) is 12.1 Å². The smallest absolute Gasteiger partial charge is 0.249 e. The monoisotopic (exact) mass is 326 g/mol. The number of nitrogens with zero attached hydrogens (tertiary/aromatic N) is 1. The largest absolute Gasteiger partial charge is 0.492 e. The lowest BCUT2D eigenvalue weighted by Crippen LogP contribution is -2.28. The molecule has 0 saturated heterocycles. The Hall–Kier alpha value is -3.20. The summed E-state index contributed by atoms with van der Waals surface area (Å²) in [4.78, 5) is 24.6. The lowest BCUT2D eigenvalue weighted by atomic mass is 9.98. The zero-order valence-corrected chi connectivity index (χ0v) is 13.0. The highest BCUT2D eigenvalue weighted by atomic mass is 19.1. The second-order valence-corrected chi connectivity index (χ2v) is 4.85. The van der Waals surface area contributed by atoms with Crippen molar-refractivity contribution >= 4 is 17.4 Å². The normalized spacial score (nSPS) is 11.2. The third kappa shape index (κ3) is 3.96. The number of amides is 1. The van der Waals surface area contributed by atoms with Gasteiger partial charge in [0.05, 0.1) is 18.4 Å². The molecule has 2 rings (SSSR count). The summed E-state index contributed by atoms with van der Waals surface area (Å²) in [5.41, 5.74) is 0.465. The van der Waals surface area contributed by atoms with Crippen molar-refractivity contribution in [2.45, 2.75) is 6.92 Å². The van der Waals surface area contributed by atoms with Crippen LogP contribution in [0, 0.1) is 23.1 Å². The molecule has 0 aliphatic rings. The summed E-state index contributed by atoms with van der Waals surface area (Å²) >= 11 is 0. The molecule has 0 radical (unpaired) electrons. The quantitative estimate of drug-likeness (QED) is 0.653. The average Bonchev–Trinajstić information content (AvgIpc) is 2.58. The number of halogens is 1. The van der Waals surface area contributed by atoms with Crippen LogP contribution in [0.25, 0.3) is 0 Å². The van der Waals surface area contributed by atoms with Gasteiger partial charge in [0.2, 0.25) is 5.91 Å². The first-order valence-corrected chi connectivity index (χ1v) is 7.29. The molecule has 1 N–H and O–H groups in total. The molecule has 0 bridgehead atoms. The highest BCUT2D eigenvalue weighted by molar-refractivity contribution is 6.15. The van der Waals surface area contributed by atoms with Crippen LogP contribution in [0.4, 0.5) is 10.1 Å². The minimum Gasteiger partial charge on any atom is -0.492 e. The Labute approximate surface area is 138 Å². The maximum atomic E-state index is 12.9. The topological polar surface area (TPSA) is 79.2 Å². The van der Waals surface area contributed by atoms with Crippen molar-refractivity contribution in [1.29, 1.82) is 5.26 Å². The number of carbonyl (C=O) groups excluding carboxylic acids is 2. The Balaban J connectivity index is 2.19. The zero-order valence-electron chi connectivity index (χ0n) is 13.0. The minimum atomic E-state index is -1.54. The molecule has 1 amide bonds. The predicted molar refractivity (Wildman–Crippen MR) is 86.1 cm³/mol. The van der Waals surface area contributed by atoms with Gasteiger partial charge in [0.25, 0.3) is 0 Å². The van der Waals surface area contributed by atoms with Gasteiger partial charge in [-0.25, -0.2) is 4.39 Å².